The predicted octanol–water partition coefficient (Wildman–Crippen LogP) is 4.61. The fourth-order valence-electron chi connectivity index (χ4n) is 3.07. The second-order valence-electron chi connectivity index (χ2n) is 6.87. The van der Waals surface area contributed by atoms with Crippen LogP contribution >= 0.6 is 0 Å². The van der Waals surface area contributed by atoms with Crippen molar-refractivity contribution < 1.29 is 13.9 Å². The molecule has 1 aliphatic carbocycles. The van der Waals surface area contributed by atoms with Crippen LogP contribution in [0.5, 0.6) is 5.75 Å². The van der Waals surface area contributed by atoms with E-state index >= 15 is 0 Å². The van der Waals surface area contributed by atoms with Crippen molar-refractivity contribution in [2.45, 2.75) is 39.2 Å². The van der Waals surface area contributed by atoms with Crippen LogP contribution in [0.4, 0.5) is 0 Å². The molecule has 1 heterocycles. The summed E-state index contributed by atoms with van der Waals surface area (Å²) in [6.45, 7) is 6.19. The largest absolute Gasteiger partial charge is 0.496 e. The lowest BCUT2D eigenvalue weighted by Gasteiger charge is -2.17. The molecule has 1 aliphatic rings. The molecular weight excluding hydrogens is 314 g/mol. The highest BCUT2D eigenvalue weighted by Crippen LogP contribution is 2.47. The standard InChI is InChI=1S/C21H25NO3/c1-13-5-8-19(24-4)18(11-13)15(3)22-21(23)10-7-16-6-9-20(25-16)17-12-14(17)2/h5-11,14-15,17H,12H2,1-4H3,(H,22,23)/b10-7+. The van der Waals surface area contributed by atoms with E-state index in [4.69, 9.17) is 9.15 Å². The first kappa shape index (κ1) is 17.3. The highest BCUT2D eigenvalue weighted by molar-refractivity contribution is 5.91. The van der Waals surface area contributed by atoms with Crippen molar-refractivity contribution in [3.63, 3.8) is 0 Å². The van der Waals surface area contributed by atoms with E-state index in [1.54, 1.807) is 13.2 Å². The summed E-state index contributed by atoms with van der Waals surface area (Å²) in [6.07, 6.45) is 4.41. The number of hydrogen-bond donors (Lipinski definition) is 1. The van der Waals surface area contributed by atoms with E-state index in [9.17, 15) is 4.79 Å². The van der Waals surface area contributed by atoms with E-state index in [1.165, 1.54) is 12.5 Å². The molecule has 1 N–H and O–H groups in total. The first-order valence-electron chi connectivity index (χ1n) is 8.70. The van der Waals surface area contributed by atoms with Crippen LogP contribution in [-0.2, 0) is 4.79 Å². The molecule has 0 radical (unpaired) electrons. The lowest BCUT2D eigenvalue weighted by atomic mass is 10.0. The van der Waals surface area contributed by atoms with Gasteiger partial charge in [-0.2, -0.15) is 0 Å². The average molecular weight is 339 g/mol. The second kappa shape index (κ2) is 7.18. The van der Waals surface area contributed by atoms with Crippen molar-refractivity contribution in [2.75, 3.05) is 7.11 Å². The van der Waals surface area contributed by atoms with Gasteiger partial charge in [-0.1, -0.05) is 24.6 Å². The van der Waals surface area contributed by atoms with E-state index < -0.39 is 0 Å². The van der Waals surface area contributed by atoms with Gasteiger partial charge in [0.2, 0.25) is 5.91 Å². The summed E-state index contributed by atoms with van der Waals surface area (Å²) in [7, 11) is 1.64. The van der Waals surface area contributed by atoms with Crippen molar-refractivity contribution in [3.05, 3.63) is 59.1 Å². The lowest BCUT2D eigenvalue weighted by molar-refractivity contribution is -0.117. The number of carbonyl (C=O) groups is 1. The number of aryl methyl sites for hydroxylation is 1. The summed E-state index contributed by atoms with van der Waals surface area (Å²) in [5.74, 6) is 3.60. The van der Waals surface area contributed by atoms with Crippen LogP contribution in [-0.4, -0.2) is 13.0 Å². The maximum atomic E-state index is 12.2. The fourth-order valence-corrected chi connectivity index (χ4v) is 3.07. The third-order valence-electron chi connectivity index (χ3n) is 4.73. The first-order chi connectivity index (χ1) is 12.0. The van der Waals surface area contributed by atoms with Crippen molar-refractivity contribution in [3.8, 4) is 5.75 Å². The van der Waals surface area contributed by atoms with Gasteiger partial charge in [0, 0.05) is 17.6 Å². The molecule has 1 amide bonds. The minimum Gasteiger partial charge on any atom is -0.496 e. The Bertz CT molecular complexity index is 790. The Hall–Kier alpha value is -2.49. The number of carbonyl (C=O) groups excluding carboxylic acids is 1. The summed E-state index contributed by atoms with van der Waals surface area (Å²) in [4.78, 5) is 12.2. The number of methoxy groups -OCH3 is 1. The molecule has 0 bridgehead atoms. The Kier molecular flexibility index (Phi) is 4.98. The normalized spacial score (nSPS) is 20.5. The van der Waals surface area contributed by atoms with Crippen LogP contribution in [0, 0.1) is 12.8 Å². The maximum Gasteiger partial charge on any atom is 0.244 e. The molecule has 1 aromatic carbocycles. The SMILES string of the molecule is COc1ccc(C)cc1C(C)NC(=O)/C=C/c1ccc(C2CC2C)o1. The zero-order valence-electron chi connectivity index (χ0n) is 15.2. The van der Waals surface area contributed by atoms with Crippen molar-refractivity contribution in [1.82, 2.24) is 5.32 Å². The summed E-state index contributed by atoms with van der Waals surface area (Å²) < 4.78 is 11.2. The molecule has 4 nitrogen and oxygen atoms in total. The zero-order valence-corrected chi connectivity index (χ0v) is 15.2. The van der Waals surface area contributed by atoms with Gasteiger partial charge in [-0.15, -0.1) is 0 Å². The van der Waals surface area contributed by atoms with E-state index in [0.717, 1.165) is 22.6 Å². The Labute approximate surface area is 148 Å². The van der Waals surface area contributed by atoms with E-state index in [2.05, 4.69) is 12.2 Å². The number of hydrogen-bond acceptors (Lipinski definition) is 3. The summed E-state index contributed by atoms with van der Waals surface area (Å²) in [6, 6.07) is 9.72. The van der Waals surface area contributed by atoms with E-state index in [-0.39, 0.29) is 11.9 Å². The molecule has 132 valence electrons. The number of nitrogens with one attached hydrogen (secondary N) is 1. The van der Waals surface area contributed by atoms with Crippen molar-refractivity contribution in [1.29, 1.82) is 0 Å². The van der Waals surface area contributed by atoms with Crippen molar-refractivity contribution in [2.24, 2.45) is 5.92 Å². The molecule has 4 heteroatoms. The Morgan fingerprint density at radius 3 is 2.80 bits per heavy atom. The van der Waals surface area contributed by atoms with Crippen LogP contribution in [0.25, 0.3) is 6.08 Å². The van der Waals surface area contributed by atoms with E-state index in [1.807, 2.05) is 44.2 Å². The van der Waals surface area contributed by atoms with Gasteiger partial charge in [-0.3, -0.25) is 4.79 Å². The third kappa shape index (κ3) is 4.13. The summed E-state index contributed by atoms with van der Waals surface area (Å²) in [5.41, 5.74) is 2.09. The van der Waals surface area contributed by atoms with Gasteiger partial charge in [-0.05, 0) is 50.5 Å². The molecule has 3 unspecified atom stereocenters. The lowest BCUT2D eigenvalue weighted by Crippen LogP contribution is -2.25. The van der Waals surface area contributed by atoms with Crippen LogP contribution < -0.4 is 10.1 Å². The van der Waals surface area contributed by atoms with Gasteiger partial charge >= 0.3 is 0 Å². The maximum absolute atomic E-state index is 12.2. The van der Waals surface area contributed by atoms with Gasteiger partial charge in [0.15, 0.2) is 0 Å². The number of rotatable bonds is 6. The molecule has 1 aromatic heterocycles. The van der Waals surface area contributed by atoms with Gasteiger partial charge in [0.05, 0.1) is 13.2 Å². The van der Waals surface area contributed by atoms with Gasteiger partial charge in [-0.25, -0.2) is 0 Å². The number of amides is 1. The average Bonchev–Trinajstić information content (AvgIpc) is 3.13. The monoisotopic (exact) mass is 339 g/mol. The molecule has 1 fully saturated rings. The molecule has 1 saturated carbocycles. The second-order valence-corrected chi connectivity index (χ2v) is 6.87. The molecular formula is C21H25NO3. The number of ether oxygens (including phenoxy) is 1. The molecule has 3 atom stereocenters. The first-order valence-corrected chi connectivity index (χ1v) is 8.70. The highest BCUT2D eigenvalue weighted by atomic mass is 16.5. The summed E-state index contributed by atoms with van der Waals surface area (Å²) >= 11 is 0. The molecule has 0 saturated heterocycles. The predicted molar refractivity (Wildman–Crippen MR) is 98.6 cm³/mol. The molecule has 2 aromatic rings. The van der Waals surface area contributed by atoms with Gasteiger partial charge in [0.25, 0.3) is 0 Å². The van der Waals surface area contributed by atoms with E-state index in [0.29, 0.717) is 17.6 Å². The van der Waals surface area contributed by atoms with Crippen molar-refractivity contribution >= 4 is 12.0 Å². The molecule has 3 rings (SSSR count). The van der Waals surface area contributed by atoms with Crippen LogP contribution in [0.3, 0.4) is 0 Å². The minimum atomic E-state index is -0.159. The van der Waals surface area contributed by atoms with Crippen LogP contribution in [0.2, 0.25) is 0 Å². The number of furan rings is 1. The number of benzene rings is 1. The smallest absolute Gasteiger partial charge is 0.244 e. The van der Waals surface area contributed by atoms with Crippen LogP contribution in [0.1, 0.15) is 54.9 Å². The zero-order chi connectivity index (χ0) is 18.0. The Balaban J connectivity index is 1.62. The Morgan fingerprint density at radius 1 is 1.36 bits per heavy atom. The third-order valence-corrected chi connectivity index (χ3v) is 4.73. The summed E-state index contributed by atoms with van der Waals surface area (Å²) in [5, 5.41) is 2.97. The molecule has 0 aliphatic heterocycles. The topological polar surface area (TPSA) is 51.5 Å². The Morgan fingerprint density at radius 2 is 2.12 bits per heavy atom. The fraction of sp³-hybridized carbons (Fsp3) is 0.381. The quantitative estimate of drug-likeness (QED) is 0.782. The minimum absolute atomic E-state index is 0.147. The molecule has 25 heavy (non-hydrogen) atoms. The van der Waals surface area contributed by atoms with Gasteiger partial charge < -0.3 is 14.5 Å². The van der Waals surface area contributed by atoms with Crippen LogP contribution in [0.15, 0.2) is 40.8 Å². The highest BCUT2D eigenvalue weighted by Gasteiger charge is 2.36. The molecule has 0 spiro atoms. The van der Waals surface area contributed by atoms with Gasteiger partial charge in [0.1, 0.15) is 17.3 Å².